The molecular formula is C19H20F6N2O4S. The van der Waals surface area contributed by atoms with Crippen molar-refractivity contribution in [1.29, 1.82) is 0 Å². The largest absolute Gasteiger partial charge is 0.435 e. The zero-order valence-electron chi connectivity index (χ0n) is 17.0. The molecular weight excluding hydrogens is 466 g/mol. The summed E-state index contributed by atoms with van der Waals surface area (Å²) in [6, 6.07) is 4.14. The maximum absolute atomic E-state index is 13.3. The lowest BCUT2D eigenvalue weighted by molar-refractivity contribution is -0.141. The van der Waals surface area contributed by atoms with Gasteiger partial charge in [-0.15, -0.1) is 0 Å². The van der Waals surface area contributed by atoms with Crippen molar-refractivity contribution in [1.82, 2.24) is 9.78 Å². The van der Waals surface area contributed by atoms with Crippen molar-refractivity contribution >= 4 is 9.84 Å². The van der Waals surface area contributed by atoms with Crippen LogP contribution in [-0.2, 0) is 38.4 Å². The number of sulfone groups is 1. The van der Waals surface area contributed by atoms with E-state index in [4.69, 9.17) is 9.47 Å². The zero-order chi connectivity index (χ0) is 23.9. The Morgan fingerprint density at radius 3 is 2.47 bits per heavy atom. The van der Waals surface area contributed by atoms with E-state index < -0.39 is 49.2 Å². The summed E-state index contributed by atoms with van der Waals surface area (Å²) in [5.74, 6) is 0. The Morgan fingerprint density at radius 2 is 1.88 bits per heavy atom. The molecule has 3 rings (SSSR count). The van der Waals surface area contributed by atoms with Gasteiger partial charge in [-0.25, -0.2) is 13.1 Å². The highest BCUT2D eigenvalue weighted by Crippen LogP contribution is 2.43. The van der Waals surface area contributed by atoms with Gasteiger partial charge in [-0.3, -0.25) is 0 Å². The SMILES string of the molecule is COCn1nc(C(F)(F)F)cc1C1CC(C)(S(=O)(=O)c2cccc(C(F)(F)F)c2)CCO1. The molecule has 1 aliphatic heterocycles. The van der Waals surface area contributed by atoms with E-state index in [0.717, 1.165) is 28.9 Å². The van der Waals surface area contributed by atoms with Crippen molar-refractivity contribution in [2.45, 2.75) is 54.6 Å². The first kappa shape index (κ1) is 24.5. The third kappa shape index (κ3) is 4.64. The maximum Gasteiger partial charge on any atom is 0.435 e. The van der Waals surface area contributed by atoms with Gasteiger partial charge in [0.05, 0.1) is 20.9 Å². The van der Waals surface area contributed by atoms with E-state index in [1.165, 1.54) is 14.0 Å². The number of halogens is 6. The third-order valence-electron chi connectivity index (χ3n) is 5.37. The van der Waals surface area contributed by atoms with E-state index in [9.17, 15) is 34.8 Å². The lowest BCUT2D eigenvalue weighted by atomic mass is 9.94. The fraction of sp³-hybridized carbons (Fsp3) is 0.526. The van der Waals surface area contributed by atoms with Crippen molar-refractivity contribution in [3.8, 4) is 0 Å². The Kier molecular flexibility index (Phi) is 6.39. The van der Waals surface area contributed by atoms with Gasteiger partial charge in [0, 0.05) is 13.7 Å². The molecule has 32 heavy (non-hydrogen) atoms. The number of nitrogens with zero attached hydrogens (tertiary/aromatic N) is 2. The number of ether oxygens (including phenoxy) is 2. The van der Waals surface area contributed by atoms with Gasteiger partial charge in [0.1, 0.15) is 12.8 Å². The van der Waals surface area contributed by atoms with E-state index in [2.05, 4.69) is 5.10 Å². The first-order valence-corrected chi connectivity index (χ1v) is 10.8. The molecule has 2 aromatic rings. The van der Waals surface area contributed by atoms with Crippen LogP contribution in [0.3, 0.4) is 0 Å². The number of hydrogen-bond donors (Lipinski definition) is 0. The molecule has 178 valence electrons. The average Bonchev–Trinajstić information content (AvgIpc) is 3.12. The normalized spacial score (nSPS) is 22.8. The number of methoxy groups -OCH3 is 1. The summed E-state index contributed by atoms with van der Waals surface area (Å²) in [5.41, 5.74) is -2.34. The summed E-state index contributed by atoms with van der Waals surface area (Å²) in [7, 11) is -3.04. The topological polar surface area (TPSA) is 70.4 Å². The number of alkyl halides is 6. The molecule has 0 radical (unpaired) electrons. The number of benzene rings is 1. The minimum Gasteiger partial charge on any atom is -0.372 e. The van der Waals surface area contributed by atoms with E-state index in [1.807, 2.05) is 0 Å². The van der Waals surface area contributed by atoms with Gasteiger partial charge < -0.3 is 9.47 Å². The molecule has 1 fully saturated rings. The van der Waals surface area contributed by atoms with Crippen LogP contribution in [0.2, 0.25) is 0 Å². The molecule has 0 N–H and O–H groups in total. The monoisotopic (exact) mass is 486 g/mol. The Balaban J connectivity index is 1.98. The summed E-state index contributed by atoms with van der Waals surface area (Å²) >= 11 is 0. The van der Waals surface area contributed by atoms with Gasteiger partial charge in [-0.05, 0) is 44.0 Å². The average molecular weight is 486 g/mol. The first-order chi connectivity index (χ1) is 14.7. The van der Waals surface area contributed by atoms with Gasteiger partial charge >= 0.3 is 12.4 Å². The Labute approximate surface area is 180 Å². The quantitative estimate of drug-likeness (QED) is 0.578. The van der Waals surface area contributed by atoms with Crippen molar-refractivity contribution in [3.05, 3.63) is 47.3 Å². The highest BCUT2D eigenvalue weighted by molar-refractivity contribution is 7.92. The predicted octanol–water partition coefficient (Wildman–Crippen LogP) is 4.61. The van der Waals surface area contributed by atoms with Crippen LogP contribution >= 0.6 is 0 Å². The Bertz CT molecular complexity index is 1080. The maximum atomic E-state index is 13.3. The van der Waals surface area contributed by atoms with Crippen LogP contribution in [0.25, 0.3) is 0 Å². The van der Waals surface area contributed by atoms with Crippen LogP contribution in [0.5, 0.6) is 0 Å². The summed E-state index contributed by atoms with van der Waals surface area (Å²) < 4.78 is 115. The van der Waals surface area contributed by atoms with Crippen LogP contribution in [0.15, 0.2) is 35.2 Å². The molecule has 1 aliphatic rings. The summed E-state index contributed by atoms with van der Waals surface area (Å²) in [6.07, 6.45) is -10.9. The number of hydrogen-bond acceptors (Lipinski definition) is 5. The van der Waals surface area contributed by atoms with Crippen LogP contribution in [0, 0.1) is 0 Å². The van der Waals surface area contributed by atoms with Gasteiger partial charge in [-0.1, -0.05) is 6.07 Å². The molecule has 0 saturated carbocycles. The van der Waals surface area contributed by atoms with E-state index in [0.29, 0.717) is 6.07 Å². The fourth-order valence-corrected chi connectivity index (χ4v) is 5.41. The van der Waals surface area contributed by atoms with Gasteiger partial charge in [0.2, 0.25) is 0 Å². The molecule has 1 aromatic carbocycles. The van der Waals surface area contributed by atoms with E-state index in [1.54, 1.807) is 0 Å². The second-order valence-electron chi connectivity index (χ2n) is 7.66. The molecule has 2 unspecified atom stereocenters. The summed E-state index contributed by atoms with van der Waals surface area (Å²) in [4.78, 5) is -0.517. The molecule has 0 bridgehead atoms. The molecule has 1 saturated heterocycles. The van der Waals surface area contributed by atoms with Crippen molar-refractivity contribution in [3.63, 3.8) is 0 Å². The molecule has 0 spiro atoms. The van der Waals surface area contributed by atoms with Gasteiger partial charge in [-0.2, -0.15) is 31.4 Å². The van der Waals surface area contributed by atoms with Crippen LogP contribution in [0.4, 0.5) is 26.3 Å². The van der Waals surface area contributed by atoms with Crippen molar-refractivity contribution in [2.75, 3.05) is 13.7 Å². The highest BCUT2D eigenvalue weighted by atomic mass is 32.2. The molecule has 2 atom stereocenters. The van der Waals surface area contributed by atoms with E-state index in [-0.39, 0.29) is 31.9 Å². The smallest absolute Gasteiger partial charge is 0.372 e. The van der Waals surface area contributed by atoms with E-state index >= 15 is 0 Å². The number of aromatic nitrogens is 2. The Hall–Kier alpha value is -2.12. The van der Waals surface area contributed by atoms with Gasteiger partial charge in [0.25, 0.3) is 0 Å². The van der Waals surface area contributed by atoms with Crippen molar-refractivity contribution < 1.29 is 44.2 Å². The summed E-state index contributed by atoms with van der Waals surface area (Å²) in [5, 5.41) is 3.47. The molecule has 13 heteroatoms. The second-order valence-corrected chi connectivity index (χ2v) is 10.1. The molecule has 1 aromatic heterocycles. The second kappa shape index (κ2) is 8.34. The minimum absolute atomic E-state index is 0.0376. The first-order valence-electron chi connectivity index (χ1n) is 9.36. The summed E-state index contributed by atoms with van der Waals surface area (Å²) in [6.45, 7) is 0.890. The highest BCUT2D eigenvalue weighted by Gasteiger charge is 2.47. The van der Waals surface area contributed by atoms with Gasteiger partial charge in [0.15, 0.2) is 15.5 Å². The molecule has 0 amide bonds. The predicted molar refractivity (Wildman–Crippen MR) is 99.2 cm³/mol. The minimum atomic E-state index is -4.74. The zero-order valence-corrected chi connectivity index (χ0v) is 17.8. The Morgan fingerprint density at radius 1 is 1.19 bits per heavy atom. The molecule has 0 aliphatic carbocycles. The molecule has 6 nitrogen and oxygen atoms in total. The van der Waals surface area contributed by atoms with Crippen LogP contribution in [-0.4, -0.2) is 36.7 Å². The number of rotatable bonds is 5. The lowest BCUT2D eigenvalue weighted by Crippen LogP contribution is -2.42. The van der Waals surface area contributed by atoms with Crippen molar-refractivity contribution in [2.24, 2.45) is 0 Å². The van der Waals surface area contributed by atoms with Crippen LogP contribution < -0.4 is 0 Å². The third-order valence-corrected chi connectivity index (χ3v) is 7.91. The lowest BCUT2D eigenvalue weighted by Gasteiger charge is -2.37. The molecule has 2 heterocycles. The standard InChI is InChI=1S/C19H20F6N2O4S/c1-17(32(28,29)13-5-3-4-12(8-13)18(20,21)22)6-7-31-15(10-17)14-9-16(19(23,24)25)26-27(14)11-30-2/h3-5,8-9,15H,6-7,10-11H2,1-2H3. The van der Waals surface area contributed by atoms with Crippen LogP contribution in [0.1, 0.15) is 42.8 Å². The fourth-order valence-electron chi connectivity index (χ4n) is 3.58.